The van der Waals surface area contributed by atoms with Gasteiger partial charge in [0.05, 0.1) is 0 Å². The van der Waals surface area contributed by atoms with E-state index in [0.29, 0.717) is 12.8 Å². The third kappa shape index (κ3) is 1.27. The molecule has 1 aliphatic carbocycles. The number of rotatable bonds is 1. The van der Waals surface area contributed by atoms with E-state index in [1.807, 2.05) is 0 Å². The zero-order valence-electron chi connectivity index (χ0n) is 3.63. The van der Waals surface area contributed by atoms with Crippen LogP contribution in [0.15, 0.2) is 0 Å². The normalized spacial score (nSPS) is 22.7. The van der Waals surface area contributed by atoms with Crippen molar-refractivity contribution in [1.29, 1.82) is 0 Å². The Bertz CT molecular complexity index is 72.2. The Balaban J connectivity index is 2.36. The smallest absolute Gasteiger partial charge is 0.188 e. The molecule has 3 heteroatoms. The molecule has 1 saturated carbocycles. The fourth-order valence-corrected chi connectivity index (χ4v) is 0.629. The molecule has 0 heterocycles. The predicted octanol–water partition coefficient (Wildman–Crippen LogP) is 2.23. The Morgan fingerprint density at radius 3 is 1.86 bits per heavy atom. The molecule has 0 aromatic carbocycles. The highest BCUT2D eigenvalue weighted by atomic mass is 35.5. The number of halogens is 3. The highest BCUT2D eigenvalue weighted by Crippen LogP contribution is 2.45. The maximum atomic E-state index is 11.7. The summed E-state index contributed by atoms with van der Waals surface area (Å²) in [6, 6.07) is 0. The van der Waals surface area contributed by atoms with Gasteiger partial charge >= 0.3 is 5.38 Å². The van der Waals surface area contributed by atoms with Gasteiger partial charge in [0, 0.05) is 5.92 Å². The van der Waals surface area contributed by atoms with Gasteiger partial charge in [-0.3, -0.25) is 0 Å². The van der Waals surface area contributed by atoms with Gasteiger partial charge in [0.2, 0.25) is 0 Å². The molecule has 0 unspecified atom stereocenters. The van der Waals surface area contributed by atoms with Crippen LogP contribution in [0.4, 0.5) is 8.78 Å². The molecular formula is C4H5ClF2. The van der Waals surface area contributed by atoms with Gasteiger partial charge in [-0.25, -0.2) is 0 Å². The molecule has 1 rings (SSSR count). The van der Waals surface area contributed by atoms with Gasteiger partial charge in [0.1, 0.15) is 0 Å². The average molecular weight is 127 g/mol. The van der Waals surface area contributed by atoms with Gasteiger partial charge < -0.3 is 0 Å². The average Bonchev–Trinajstić information content (AvgIpc) is 1.99. The Kier molecular flexibility index (Phi) is 0.991. The summed E-state index contributed by atoms with van der Waals surface area (Å²) in [5.74, 6) is -0.519. The molecule has 0 aliphatic heterocycles. The van der Waals surface area contributed by atoms with Crippen molar-refractivity contribution in [3.05, 3.63) is 0 Å². The van der Waals surface area contributed by atoms with Crippen molar-refractivity contribution in [1.82, 2.24) is 0 Å². The molecule has 0 spiro atoms. The van der Waals surface area contributed by atoms with E-state index in [9.17, 15) is 8.78 Å². The van der Waals surface area contributed by atoms with Crippen molar-refractivity contribution in [2.45, 2.75) is 18.2 Å². The van der Waals surface area contributed by atoms with Crippen molar-refractivity contribution in [2.24, 2.45) is 5.92 Å². The fourth-order valence-electron chi connectivity index (χ4n) is 0.411. The number of hydrogen-bond acceptors (Lipinski definition) is 0. The molecule has 0 aromatic rings. The number of alkyl halides is 3. The summed E-state index contributed by atoms with van der Waals surface area (Å²) in [6.07, 6.45) is 1.19. The van der Waals surface area contributed by atoms with E-state index in [0.717, 1.165) is 0 Å². The van der Waals surface area contributed by atoms with Crippen LogP contribution in [0, 0.1) is 5.92 Å². The lowest BCUT2D eigenvalue weighted by Gasteiger charge is -2.01. The van der Waals surface area contributed by atoms with E-state index in [2.05, 4.69) is 11.6 Å². The van der Waals surface area contributed by atoms with Crippen LogP contribution in [0.3, 0.4) is 0 Å². The predicted molar refractivity (Wildman–Crippen MR) is 23.5 cm³/mol. The SMILES string of the molecule is FC(F)(Cl)C1CC1. The second kappa shape index (κ2) is 1.31. The van der Waals surface area contributed by atoms with Crippen molar-refractivity contribution in [3.8, 4) is 0 Å². The molecule has 0 atom stereocenters. The third-order valence-corrected chi connectivity index (χ3v) is 1.35. The van der Waals surface area contributed by atoms with Crippen LogP contribution in [-0.2, 0) is 0 Å². The zero-order chi connectivity index (χ0) is 5.49. The Labute approximate surface area is 45.5 Å². The van der Waals surface area contributed by atoms with E-state index >= 15 is 0 Å². The highest BCUT2D eigenvalue weighted by molar-refractivity contribution is 6.22. The minimum absolute atomic E-state index is 0.519. The summed E-state index contributed by atoms with van der Waals surface area (Å²) in [4.78, 5) is 0. The van der Waals surface area contributed by atoms with Gasteiger partial charge in [-0.15, -0.1) is 0 Å². The molecule has 1 aliphatic rings. The van der Waals surface area contributed by atoms with Crippen molar-refractivity contribution >= 4 is 11.6 Å². The molecule has 0 aromatic heterocycles. The van der Waals surface area contributed by atoms with Crippen LogP contribution in [0.5, 0.6) is 0 Å². The molecule has 0 amide bonds. The number of hydrogen-bond donors (Lipinski definition) is 0. The zero-order valence-corrected chi connectivity index (χ0v) is 4.38. The molecule has 0 saturated heterocycles. The molecular weight excluding hydrogens is 121 g/mol. The first-order chi connectivity index (χ1) is 3.11. The van der Waals surface area contributed by atoms with Gasteiger partial charge in [0.25, 0.3) is 0 Å². The molecule has 0 N–H and O–H groups in total. The lowest BCUT2D eigenvalue weighted by Crippen LogP contribution is -2.06. The first-order valence-electron chi connectivity index (χ1n) is 2.17. The Morgan fingerprint density at radius 2 is 1.86 bits per heavy atom. The summed E-state index contributed by atoms with van der Waals surface area (Å²) in [6.45, 7) is 0. The summed E-state index contributed by atoms with van der Waals surface area (Å²) in [7, 11) is 0. The first-order valence-corrected chi connectivity index (χ1v) is 2.55. The van der Waals surface area contributed by atoms with Crippen LogP contribution in [-0.4, -0.2) is 5.38 Å². The lowest BCUT2D eigenvalue weighted by molar-refractivity contribution is 0.0712. The standard InChI is InChI=1S/C4H5ClF2/c5-4(6,7)3-1-2-3/h3H,1-2H2. The maximum absolute atomic E-state index is 11.7. The Hall–Kier alpha value is 0.150. The minimum atomic E-state index is -2.92. The fraction of sp³-hybridized carbons (Fsp3) is 1.00. The molecule has 0 nitrogen and oxygen atoms in total. The van der Waals surface area contributed by atoms with Gasteiger partial charge in [-0.2, -0.15) is 8.78 Å². The maximum Gasteiger partial charge on any atom is 0.324 e. The topological polar surface area (TPSA) is 0 Å². The second-order valence-electron chi connectivity index (χ2n) is 1.82. The van der Waals surface area contributed by atoms with Crippen LogP contribution < -0.4 is 0 Å². The van der Waals surface area contributed by atoms with Crippen molar-refractivity contribution in [3.63, 3.8) is 0 Å². The largest absolute Gasteiger partial charge is 0.324 e. The lowest BCUT2D eigenvalue weighted by atomic mass is 10.5. The van der Waals surface area contributed by atoms with Gasteiger partial charge in [-0.05, 0) is 24.4 Å². The molecule has 0 bridgehead atoms. The van der Waals surface area contributed by atoms with Gasteiger partial charge in [-0.1, -0.05) is 0 Å². The van der Waals surface area contributed by atoms with Crippen molar-refractivity contribution in [2.75, 3.05) is 0 Å². The van der Waals surface area contributed by atoms with Crippen LogP contribution >= 0.6 is 11.6 Å². The quantitative estimate of drug-likeness (QED) is 0.473. The van der Waals surface area contributed by atoms with Crippen LogP contribution in [0.1, 0.15) is 12.8 Å². The van der Waals surface area contributed by atoms with Crippen molar-refractivity contribution < 1.29 is 8.78 Å². The molecule has 42 valence electrons. The monoisotopic (exact) mass is 126 g/mol. The summed E-state index contributed by atoms with van der Waals surface area (Å²) in [5.41, 5.74) is 0. The van der Waals surface area contributed by atoms with Gasteiger partial charge in [0.15, 0.2) is 0 Å². The van der Waals surface area contributed by atoms with Crippen LogP contribution in [0.2, 0.25) is 0 Å². The summed E-state index contributed by atoms with van der Waals surface area (Å²) < 4.78 is 23.3. The summed E-state index contributed by atoms with van der Waals surface area (Å²) >= 11 is 4.60. The third-order valence-electron chi connectivity index (χ3n) is 1.04. The van der Waals surface area contributed by atoms with E-state index in [1.54, 1.807) is 0 Å². The Morgan fingerprint density at radius 1 is 1.43 bits per heavy atom. The van der Waals surface area contributed by atoms with Crippen LogP contribution in [0.25, 0.3) is 0 Å². The molecule has 7 heavy (non-hydrogen) atoms. The summed E-state index contributed by atoms with van der Waals surface area (Å²) in [5, 5.41) is -2.92. The molecule has 1 fully saturated rings. The van der Waals surface area contributed by atoms with E-state index in [4.69, 9.17) is 0 Å². The highest BCUT2D eigenvalue weighted by Gasteiger charge is 2.44. The van der Waals surface area contributed by atoms with E-state index < -0.39 is 11.3 Å². The molecule has 0 radical (unpaired) electrons. The first kappa shape index (κ1) is 5.29. The van der Waals surface area contributed by atoms with E-state index in [-0.39, 0.29) is 0 Å². The van der Waals surface area contributed by atoms with E-state index in [1.165, 1.54) is 0 Å². The minimum Gasteiger partial charge on any atom is -0.188 e. The second-order valence-corrected chi connectivity index (χ2v) is 2.32.